The summed E-state index contributed by atoms with van der Waals surface area (Å²) in [6.07, 6.45) is 4.67. The molecule has 0 aliphatic carbocycles. The lowest BCUT2D eigenvalue weighted by Crippen LogP contribution is -2.29. The number of carbonyl (C=O) groups excluding carboxylic acids is 2. The van der Waals surface area contributed by atoms with Crippen LogP contribution in [-0.2, 0) is 13.0 Å². The first-order valence-corrected chi connectivity index (χ1v) is 10.1. The highest BCUT2D eigenvalue weighted by atomic mass is 16.7. The Kier molecular flexibility index (Phi) is 5.42. The summed E-state index contributed by atoms with van der Waals surface area (Å²) < 4.78 is 12.6. The van der Waals surface area contributed by atoms with Gasteiger partial charge in [-0.25, -0.2) is 4.98 Å². The van der Waals surface area contributed by atoms with E-state index in [0.717, 1.165) is 37.8 Å². The van der Waals surface area contributed by atoms with Crippen LogP contribution in [-0.4, -0.2) is 46.7 Å². The van der Waals surface area contributed by atoms with Crippen LogP contribution in [0.2, 0.25) is 0 Å². The number of anilines is 1. The SMILES string of the molecule is CCCCN(C)C(=O)c1nc(C(=O)Nc2ccc3c(c2)OCO3)n2c1CCCC2. The average Bonchev–Trinajstić information content (AvgIpc) is 3.35. The summed E-state index contributed by atoms with van der Waals surface area (Å²) in [5.41, 5.74) is 1.86. The van der Waals surface area contributed by atoms with E-state index >= 15 is 0 Å². The van der Waals surface area contributed by atoms with Gasteiger partial charge in [0.15, 0.2) is 17.3 Å². The Labute approximate surface area is 169 Å². The second-order valence-corrected chi connectivity index (χ2v) is 7.44. The molecule has 0 unspecified atom stereocenters. The van der Waals surface area contributed by atoms with E-state index in [-0.39, 0.29) is 24.4 Å². The molecule has 154 valence electrons. The summed E-state index contributed by atoms with van der Waals surface area (Å²) in [5, 5.41) is 2.87. The molecule has 2 amide bonds. The molecule has 0 saturated heterocycles. The van der Waals surface area contributed by atoms with E-state index in [4.69, 9.17) is 9.47 Å². The molecule has 2 aliphatic heterocycles. The fourth-order valence-electron chi connectivity index (χ4n) is 3.73. The number of nitrogens with zero attached hydrogens (tertiary/aromatic N) is 3. The molecule has 0 saturated carbocycles. The van der Waals surface area contributed by atoms with Crippen molar-refractivity contribution in [1.82, 2.24) is 14.5 Å². The summed E-state index contributed by atoms with van der Waals surface area (Å²) in [6.45, 7) is 3.64. The molecule has 0 spiro atoms. The predicted octanol–water partition coefficient (Wildman–Crippen LogP) is 3.07. The molecule has 1 N–H and O–H groups in total. The zero-order valence-corrected chi connectivity index (χ0v) is 16.9. The molecule has 0 fully saturated rings. The number of nitrogens with one attached hydrogen (secondary N) is 1. The third kappa shape index (κ3) is 3.79. The van der Waals surface area contributed by atoms with Gasteiger partial charge in [0.2, 0.25) is 6.79 Å². The summed E-state index contributed by atoms with van der Waals surface area (Å²) in [5.74, 6) is 1.09. The van der Waals surface area contributed by atoms with Crippen molar-refractivity contribution in [1.29, 1.82) is 0 Å². The fourth-order valence-corrected chi connectivity index (χ4v) is 3.73. The Hall–Kier alpha value is -3.03. The average molecular weight is 398 g/mol. The van der Waals surface area contributed by atoms with Crippen molar-refractivity contribution in [2.24, 2.45) is 0 Å². The molecular weight excluding hydrogens is 372 g/mol. The lowest BCUT2D eigenvalue weighted by molar-refractivity contribution is 0.0786. The van der Waals surface area contributed by atoms with Gasteiger partial charge in [0, 0.05) is 31.9 Å². The van der Waals surface area contributed by atoms with Crippen LogP contribution < -0.4 is 14.8 Å². The van der Waals surface area contributed by atoms with E-state index in [0.29, 0.717) is 36.0 Å². The van der Waals surface area contributed by atoms with Crippen LogP contribution in [0.25, 0.3) is 0 Å². The third-order valence-electron chi connectivity index (χ3n) is 5.35. The topological polar surface area (TPSA) is 85.7 Å². The van der Waals surface area contributed by atoms with Crippen molar-refractivity contribution in [2.75, 3.05) is 25.7 Å². The molecule has 4 rings (SSSR count). The van der Waals surface area contributed by atoms with Crippen molar-refractivity contribution in [3.63, 3.8) is 0 Å². The number of carbonyl (C=O) groups is 2. The molecule has 3 heterocycles. The Morgan fingerprint density at radius 2 is 2.07 bits per heavy atom. The Morgan fingerprint density at radius 1 is 1.24 bits per heavy atom. The van der Waals surface area contributed by atoms with Gasteiger partial charge in [-0.2, -0.15) is 0 Å². The molecule has 8 nitrogen and oxygen atoms in total. The maximum absolute atomic E-state index is 13.0. The molecular formula is C21H26N4O4. The smallest absolute Gasteiger partial charge is 0.291 e. The second kappa shape index (κ2) is 8.14. The number of benzene rings is 1. The monoisotopic (exact) mass is 398 g/mol. The van der Waals surface area contributed by atoms with Crippen molar-refractivity contribution < 1.29 is 19.1 Å². The maximum Gasteiger partial charge on any atom is 0.291 e. The highest BCUT2D eigenvalue weighted by Gasteiger charge is 2.29. The van der Waals surface area contributed by atoms with Gasteiger partial charge in [-0.1, -0.05) is 13.3 Å². The number of hydrogen-bond donors (Lipinski definition) is 1. The summed E-state index contributed by atoms with van der Waals surface area (Å²) in [7, 11) is 1.79. The van der Waals surface area contributed by atoms with Crippen LogP contribution in [0.1, 0.15) is 59.4 Å². The van der Waals surface area contributed by atoms with Crippen LogP contribution >= 0.6 is 0 Å². The van der Waals surface area contributed by atoms with Crippen molar-refractivity contribution in [3.05, 3.63) is 35.4 Å². The first-order valence-electron chi connectivity index (χ1n) is 10.1. The van der Waals surface area contributed by atoms with Gasteiger partial charge >= 0.3 is 0 Å². The first-order chi connectivity index (χ1) is 14.1. The van der Waals surface area contributed by atoms with Gasteiger partial charge in [-0.3, -0.25) is 9.59 Å². The minimum absolute atomic E-state index is 0.119. The van der Waals surface area contributed by atoms with Gasteiger partial charge in [-0.05, 0) is 37.8 Å². The quantitative estimate of drug-likeness (QED) is 0.808. The summed E-state index contributed by atoms with van der Waals surface area (Å²) in [4.78, 5) is 32.1. The summed E-state index contributed by atoms with van der Waals surface area (Å²) >= 11 is 0. The van der Waals surface area contributed by atoms with E-state index in [1.807, 2.05) is 4.57 Å². The molecule has 0 atom stereocenters. The Balaban J connectivity index is 1.59. The van der Waals surface area contributed by atoms with Gasteiger partial charge in [0.05, 0.1) is 5.69 Å². The zero-order valence-electron chi connectivity index (χ0n) is 16.9. The van der Waals surface area contributed by atoms with Gasteiger partial charge in [0.25, 0.3) is 11.8 Å². The van der Waals surface area contributed by atoms with E-state index in [1.165, 1.54) is 0 Å². The highest BCUT2D eigenvalue weighted by molar-refractivity contribution is 6.03. The van der Waals surface area contributed by atoms with Crippen LogP contribution in [0, 0.1) is 0 Å². The largest absolute Gasteiger partial charge is 0.454 e. The number of imidazole rings is 1. The number of unbranched alkanes of at least 4 members (excludes halogenated alkanes) is 1. The van der Waals surface area contributed by atoms with Crippen LogP contribution in [0.15, 0.2) is 18.2 Å². The molecule has 8 heteroatoms. The number of ether oxygens (including phenoxy) is 2. The molecule has 1 aromatic carbocycles. The number of aromatic nitrogens is 2. The van der Waals surface area contributed by atoms with E-state index < -0.39 is 0 Å². The molecule has 2 aliphatic rings. The zero-order chi connectivity index (χ0) is 20.4. The number of fused-ring (bicyclic) bond motifs is 2. The van der Waals surface area contributed by atoms with E-state index in [9.17, 15) is 9.59 Å². The maximum atomic E-state index is 13.0. The highest BCUT2D eigenvalue weighted by Crippen LogP contribution is 2.34. The molecule has 0 bridgehead atoms. The Bertz CT molecular complexity index is 937. The fraction of sp³-hybridized carbons (Fsp3) is 0.476. The molecule has 1 aromatic heterocycles. The Morgan fingerprint density at radius 3 is 2.90 bits per heavy atom. The minimum Gasteiger partial charge on any atom is -0.454 e. The number of hydrogen-bond acceptors (Lipinski definition) is 5. The van der Waals surface area contributed by atoms with Crippen LogP contribution in [0.4, 0.5) is 5.69 Å². The van der Waals surface area contributed by atoms with Gasteiger partial charge < -0.3 is 24.3 Å². The van der Waals surface area contributed by atoms with Crippen LogP contribution in [0.5, 0.6) is 11.5 Å². The van der Waals surface area contributed by atoms with Crippen molar-refractivity contribution in [2.45, 2.75) is 45.6 Å². The third-order valence-corrected chi connectivity index (χ3v) is 5.35. The normalized spacial score (nSPS) is 14.4. The van der Waals surface area contributed by atoms with Gasteiger partial charge in [-0.15, -0.1) is 0 Å². The molecule has 29 heavy (non-hydrogen) atoms. The number of amides is 2. The molecule has 2 aromatic rings. The lowest BCUT2D eigenvalue weighted by atomic mass is 10.1. The van der Waals surface area contributed by atoms with E-state index in [2.05, 4.69) is 17.2 Å². The van der Waals surface area contributed by atoms with Crippen molar-refractivity contribution in [3.8, 4) is 11.5 Å². The standard InChI is InChI=1S/C21H26N4O4/c1-3-4-10-24(2)21(27)18-15-7-5-6-11-25(15)19(23-18)20(26)22-14-8-9-16-17(12-14)29-13-28-16/h8-9,12H,3-7,10-11,13H2,1-2H3,(H,22,26). The van der Waals surface area contributed by atoms with Gasteiger partial charge in [0.1, 0.15) is 5.69 Å². The minimum atomic E-state index is -0.331. The predicted molar refractivity (Wildman–Crippen MR) is 108 cm³/mol. The van der Waals surface area contributed by atoms with Crippen molar-refractivity contribution >= 4 is 17.5 Å². The summed E-state index contributed by atoms with van der Waals surface area (Å²) in [6, 6.07) is 5.25. The van der Waals surface area contributed by atoms with E-state index in [1.54, 1.807) is 30.1 Å². The lowest BCUT2D eigenvalue weighted by Gasteiger charge is -2.19. The van der Waals surface area contributed by atoms with Crippen LogP contribution in [0.3, 0.4) is 0 Å². The number of rotatable bonds is 6. The molecule has 0 radical (unpaired) electrons. The first kappa shape index (κ1) is 19.3. The second-order valence-electron chi connectivity index (χ2n) is 7.44.